The van der Waals surface area contributed by atoms with Gasteiger partial charge in [-0.25, -0.2) is 0 Å². The van der Waals surface area contributed by atoms with Crippen LogP contribution in [0, 0.1) is 0 Å². The first kappa shape index (κ1) is 18.2. The molecule has 2 N–H and O–H groups in total. The summed E-state index contributed by atoms with van der Waals surface area (Å²) in [4.78, 5) is 2.27. The molecule has 0 aromatic heterocycles. The van der Waals surface area contributed by atoms with Gasteiger partial charge in [0.1, 0.15) is 0 Å². The smallest absolute Gasteiger partial charge is 0.0641 e. The zero-order chi connectivity index (χ0) is 15.5. The van der Waals surface area contributed by atoms with E-state index in [1.807, 2.05) is 26.0 Å². The van der Waals surface area contributed by atoms with Crippen molar-refractivity contribution in [1.82, 2.24) is 0 Å². The first-order valence-electron chi connectivity index (χ1n) is 7.61. The van der Waals surface area contributed by atoms with Gasteiger partial charge in [0.2, 0.25) is 0 Å². The predicted molar refractivity (Wildman–Crippen MR) is 89.4 cm³/mol. The van der Waals surface area contributed by atoms with E-state index >= 15 is 0 Å². The molecule has 4 nitrogen and oxygen atoms in total. The third-order valence-corrected chi connectivity index (χ3v) is 3.46. The number of anilines is 1. The summed E-state index contributed by atoms with van der Waals surface area (Å²) >= 11 is 6.16. The van der Waals surface area contributed by atoms with Crippen LogP contribution in [0.3, 0.4) is 0 Å². The summed E-state index contributed by atoms with van der Waals surface area (Å²) in [6.07, 6.45) is 0.840. The molecule has 0 unspecified atom stereocenters. The maximum atomic E-state index is 6.16. The van der Waals surface area contributed by atoms with Crippen LogP contribution in [-0.4, -0.2) is 46.1 Å². The average molecular weight is 315 g/mol. The first-order valence-corrected chi connectivity index (χ1v) is 7.99. The first-order chi connectivity index (χ1) is 10.2. The summed E-state index contributed by atoms with van der Waals surface area (Å²) in [5, 5.41) is 0.739. The number of rotatable bonds is 11. The van der Waals surface area contributed by atoms with Gasteiger partial charge in [-0.15, -0.1) is 0 Å². The van der Waals surface area contributed by atoms with Crippen LogP contribution in [0.15, 0.2) is 18.2 Å². The van der Waals surface area contributed by atoms with Crippen LogP contribution in [0.4, 0.5) is 5.69 Å². The Hall–Kier alpha value is -0.810. The van der Waals surface area contributed by atoms with Crippen LogP contribution in [0.25, 0.3) is 0 Å². The normalized spacial score (nSPS) is 10.9. The summed E-state index contributed by atoms with van der Waals surface area (Å²) in [7, 11) is 0. The standard InChI is InChI=1S/C16H27ClN2O2/c1-3-20-11-9-19(10-12-21-4-2)16-13-15(17)6-5-14(16)7-8-18/h5-6,13H,3-4,7-12,18H2,1-2H3. The molecule has 0 heterocycles. The molecule has 0 saturated carbocycles. The Morgan fingerprint density at radius 2 is 1.71 bits per heavy atom. The molecule has 1 aromatic carbocycles. The minimum Gasteiger partial charge on any atom is -0.380 e. The predicted octanol–water partition coefficient (Wildman–Crippen LogP) is 2.72. The van der Waals surface area contributed by atoms with E-state index in [-0.39, 0.29) is 0 Å². The topological polar surface area (TPSA) is 47.7 Å². The van der Waals surface area contributed by atoms with Crippen molar-refractivity contribution in [3.8, 4) is 0 Å². The Kier molecular flexibility index (Phi) is 9.42. The highest BCUT2D eigenvalue weighted by Crippen LogP contribution is 2.25. The van der Waals surface area contributed by atoms with Gasteiger partial charge in [-0.3, -0.25) is 0 Å². The molecule has 0 aliphatic carbocycles. The Bertz CT molecular complexity index is 392. The quantitative estimate of drug-likeness (QED) is 0.638. The summed E-state index contributed by atoms with van der Waals surface area (Å²) in [5.41, 5.74) is 8.06. The molecule has 1 rings (SSSR count). The molecule has 0 aliphatic rings. The zero-order valence-corrected chi connectivity index (χ0v) is 13.9. The van der Waals surface area contributed by atoms with Crippen LogP contribution in [-0.2, 0) is 15.9 Å². The number of benzene rings is 1. The fourth-order valence-electron chi connectivity index (χ4n) is 2.19. The number of halogens is 1. The molecule has 21 heavy (non-hydrogen) atoms. The maximum absolute atomic E-state index is 6.16. The minimum atomic E-state index is 0.624. The second-order valence-electron chi connectivity index (χ2n) is 4.69. The van der Waals surface area contributed by atoms with E-state index in [1.165, 1.54) is 5.56 Å². The lowest BCUT2D eigenvalue weighted by molar-refractivity contribution is 0.141. The SMILES string of the molecule is CCOCCN(CCOCC)c1cc(Cl)ccc1CCN. The van der Waals surface area contributed by atoms with Crippen molar-refractivity contribution in [2.45, 2.75) is 20.3 Å². The zero-order valence-electron chi connectivity index (χ0n) is 13.1. The highest BCUT2D eigenvalue weighted by molar-refractivity contribution is 6.30. The molecule has 1 aromatic rings. The van der Waals surface area contributed by atoms with Crippen molar-refractivity contribution in [2.75, 3.05) is 51.0 Å². The van der Waals surface area contributed by atoms with Crippen molar-refractivity contribution in [3.05, 3.63) is 28.8 Å². The maximum Gasteiger partial charge on any atom is 0.0641 e. The van der Waals surface area contributed by atoms with Gasteiger partial charge in [0, 0.05) is 37.0 Å². The monoisotopic (exact) mass is 314 g/mol. The summed E-state index contributed by atoms with van der Waals surface area (Å²) in [5.74, 6) is 0. The third-order valence-electron chi connectivity index (χ3n) is 3.22. The van der Waals surface area contributed by atoms with Gasteiger partial charge in [0.05, 0.1) is 13.2 Å². The molecular weight excluding hydrogens is 288 g/mol. The van der Waals surface area contributed by atoms with Crippen LogP contribution in [0.5, 0.6) is 0 Å². The second kappa shape index (κ2) is 10.9. The van der Waals surface area contributed by atoms with Gasteiger partial charge in [0.25, 0.3) is 0 Å². The Labute approximate surface area is 133 Å². The lowest BCUT2D eigenvalue weighted by Gasteiger charge is -2.27. The fraction of sp³-hybridized carbons (Fsp3) is 0.625. The van der Waals surface area contributed by atoms with Gasteiger partial charge in [-0.05, 0) is 44.5 Å². The summed E-state index contributed by atoms with van der Waals surface area (Å²) in [6, 6.07) is 5.97. The van der Waals surface area contributed by atoms with E-state index in [0.717, 1.165) is 43.4 Å². The van der Waals surface area contributed by atoms with Crippen LogP contribution < -0.4 is 10.6 Å². The molecule has 0 aliphatic heterocycles. The molecule has 0 fully saturated rings. The molecule has 0 bridgehead atoms. The largest absolute Gasteiger partial charge is 0.380 e. The van der Waals surface area contributed by atoms with Gasteiger partial charge < -0.3 is 20.1 Å². The molecule has 0 spiro atoms. The van der Waals surface area contributed by atoms with Crippen LogP contribution in [0.2, 0.25) is 5.02 Å². The summed E-state index contributed by atoms with van der Waals surface area (Å²) < 4.78 is 11.0. The van der Waals surface area contributed by atoms with E-state index < -0.39 is 0 Å². The average Bonchev–Trinajstić information content (AvgIpc) is 2.48. The molecular formula is C16H27ClN2O2. The van der Waals surface area contributed by atoms with Crippen molar-refractivity contribution < 1.29 is 9.47 Å². The number of nitrogens with two attached hydrogens (primary N) is 1. The molecule has 5 heteroatoms. The van der Waals surface area contributed by atoms with Crippen molar-refractivity contribution in [1.29, 1.82) is 0 Å². The second-order valence-corrected chi connectivity index (χ2v) is 5.13. The van der Waals surface area contributed by atoms with Gasteiger partial charge in [-0.1, -0.05) is 17.7 Å². The molecule has 120 valence electrons. The van der Waals surface area contributed by atoms with Crippen molar-refractivity contribution >= 4 is 17.3 Å². The summed E-state index contributed by atoms with van der Waals surface area (Å²) in [6.45, 7) is 9.11. The Morgan fingerprint density at radius 3 is 2.24 bits per heavy atom. The van der Waals surface area contributed by atoms with E-state index in [4.69, 9.17) is 26.8 Å². The number of hydrogen-bond acceptors (Lipinski definition) is 4. The molecule has 0 radical (unpaired) electrons. The van der Waals surface area contributed by atoms with E-state index in [9.17, 15) is 0 Å². The Balaban J connectivity index is 2.85. The van der Waals surface area contributed by atoms with Gasteiger partial charge >= 0.3 is 0 Å². The van der Waals surface area contributed by atoms with Crippen molar-refractivity contribution in [2.24, 2.45) is 5.73 Å². The molecule has 0 saturated heterocycles. The highest BCUT2D eigenvalue weighted by Gasteiger charge is 2.12. The molecule has 0 amide bonds. The van der Waals surface area contributed by atoms with Crippen LogP contribution >= 0.6 is 11.6 Å². The lowest BCUT2D eigenvalue weighted by Crippen LogP contribution is -2.32. The number of ether oxygens (including phenoxy) is 2. The van der Waals surface area contributed by atoms with Gasteiger partial charge in [-0.2, -0.15) is 0 Å². The number of hydrogen-bond donors (Lipinski definition) is 1. The van der Waals surface area contributed by atoms with Gasteiger partial charge in [0.15, 0.2) is 0 Å². The third kappa shape index (κ3) is 6.66. The van der Waals surface area contributed by atoms with E-state index in [2.05, 4.69) is 11.0 Å². The number of nitrogens with zero attached hydrogens (tertiary/aromatic N) is 1. The van der Waals surface area contributed by atoms with E-state index in [0.29, 0.717) is 19.8 Å². The van der Waals surface area contributed by atoms with E-state index in [1.54, 1.807) is 0 Å². The lowest BCUT2D eigenvalue weighted by atomic mass is 10.1. The molecule has 0 atom stereocenters. The van der Waals surface area contributed by atoms with Crippen molar-refractivity contribution in [3.63, 3.8) is 0 Å². The minimum absolute atomic E-state index is 0.624. The Morgan fingerprint density at radius 1 is 1.10 bits per heavy atom. The van der Waals surface area contributed by atoms with Crippen LogP contribution in [0.1, 0.15) is 19.4 Å². The highest BCUT2D eigenvalue weighted by atomic mass is 35.5. The fourth-order valence-corrected chi connectivity index (χ4v) is 2.36.